The third-order valence-corrected chi connectivity index (χ3v) is 4.88. The van der Waals surface area contributed by atoms with Gasteiger partial charge in [-0.1, -0.05) is 31.5 Å². The Bertz CT molecular complexity index is 900. The number of hydrogen-bond acceptors (Lipinski definition) is 4. The van der Waals surface area contributed by atoms with Crippen LogP contribution in [0.4, 0.5) is 0 Å². The van der Waals surface area contributed by atoms with Gasteiger partial charge in [0.25, 0.3) is 0 Å². The smallest absolute Gasteiger partial charge is 0.159 e. The van der Waals surface area contributed by atoms with Crippen molar-refractivity contribution in [2.45, 2.75) is 52.8 Å². The van der Waals surface area contributed by atoms with Gasteiger partial charge in [0.1, 0.15) is 0 Å². The van der Waals surface area contributed by atoms with Crippen LogP contribution < -0.4 is 0 Å². The van der Waals surface area contributed by atoms with Gasteiger partial charge >= 0.3 is 0 Å². The molecule has 2 aromatic heterocycles. The Kier molecular flexibility index (Phi) is 6.24. The topological polar surface area (TPSA) is 54.2 Å². The third-order valence-electron chi connectivity index (χ3n) is 4.88. The van der Waals surface area contributed by atoms with Crippen molar-refractivity contribution in [1.29, 1.82) is 0 Å². The van der Waals surface area contributed by atoms with Gasteiger partial charge in [0, 0.05) is 23.5 Å². The van der Waals surface area contributed by atoms with E-state index < -0.39 is 0 Å². The molecule has 2 heterocycles. The number of aromatic nitrogens is 3. The summed E-state index contributed by atoms with van der Waals surface area (Å²) in [4.78, 5) is 7.23. The van der Waals surface area contributed by atoms with E-state index in [0.717, 1.165) is 40.9 Å². The Hall–Kier alpha value is -2.24. The summed E-state index contributed by atoms with van der Waals surface area (Å²) < 4.78 is 1.92. The molecule has 0 spiro atoms. The molecule has 0 saturated carbocycles. The number of aliphatic hydroxyl groups is 1. The average molecular weight is 367 g/mol. The highest BCUT2D eigenvalue weighted by Gasteiger charge is 2.14. The van der Waals surface area contributed by atoms with Gasteiger partial charge in [-0.3, -0.25) is 0 Å². The maximum Gasteiger partial charge on any atom is 0.159 e. The van der Waals surface area contributed by atoms with Gasteiger partial charge in [-0.2, -0.15) is 5.10 Å². The minimum atomic E-state index is -0.0186. The SMILES string of the molecule is CCCCN(C)Cc1cccc(-c2cc(CO)c3cnn(C(C)C)c3n2)c1. The number of fused-ring (bicyclic) bond motifs is 1. The normalized spacial score (nSPS) is 11.8. The van der Waals surface area contributed by atoms with Crippen LogP contribution in [0.15, 0.2) is 36.5 Å². The molecule has 5 heteroatoms. The van der Waals surface area contributed by atoms with Crippen molar-refractivity contribution < 1.29 is 5.11 Å². The predicted molar refractivity (Wildman–Crippen MR) is 111 cm³/mol. The molecule has 0 saturated heterocycles. The first kappa shape index (κ1) is 19.5. The van der Waals surface area contributed by atoms with Gasteiger partial charge < -0.3 is 10.0 Å². The van der Waals surface area contributed by atoms with Crippen molar-refractivity contribution >= 4 is 11.0 Å². The van der Waals surface area contributed by atoms with E-state index >= 15 is 0 Å². The Morgan fingerprint density at radius 3 is 2.74 bits per heavy atom. The molecule has 1 aromatic carbocycles. The number of aliphatic hydroxyl groups excluding tert-OH is 1. The zero-order chi connectivity index (χ0) is 19.4. The summed E-state index contributed by atoms with van der Waals surface area (Å²) in [5.41, 5.74) is 4.93. The molecular formula is C22H30N4O. The fraction of sp³-hybridized carbons (Fsp3) is 0.455. The molecule has 5 nitrogen and oxygen atoms in total. The summed E-state index contributed by atoms with van der Waals surface area (Å²) in [5.74, 6) is 0. The number of pyridine rings is 1. The quantitative estimate of drug-likeness (QED) is 0.642. The molecule has 0 aliphatic carbocycles. The van der Waals surface area contributed by atoms with Crippen LogP contribution in [0.1, 0.15) is 50.8 Å². The van der Waals surface area contributed by atoms with Crippen molar-refractivity contribution in [3.05, 3.63) is 47.7 Å². The lowest BCUT2D eigenvalue weighted by Gasteiger charge is -2.17. The van der Waals surface area contributed by atoms with Crippen LogP contribution in [-0.2, 0) is 13.2 Å². The van der Waals surface area contributed by atoms with E-state index in [1.807, 2.05) is 10.7 Å². The lowest BCUT2D eigenvalue weighted by atomic mass is 10.0. The van der Waals surface area contributed by atoms with E-state index in [2.05, 4.69) is 62.1 Å². The van der Waals surface area contributed by atoms with E-state index in [1.54, 1.807) is 6.20 Å². The molecule has 0 unspecified atom stereocenters. The number of nitrogens with zero attached hydrogens (tertiary/aromatic N) is 4. The molecule has 0 radical (unpaired) electrons. The lowest BCUT2D eigenvalue weighted by Crippen LogP contribution is -2.18. The summed E-state index contributed by atoms with van der Waals surface area (Å²) in [6.07, 6.45) is 4.23. The third kappa shape index (κ3) is 4.37. The van der Waals surface area contributed by atoms with Crippen molar-refractivity contribution in [2.24, 2.45) is 0 Å². The van der Waals surface area contributed by atoms with Gasteiger partial charge in [0.15, 0.2) is 5.65 Å². The monoisotopic (exact) mass is 366 g/mol. The fourth-order valence-corrected chi connectivity index (χ4v) is 3.39. The molecule has 0 aliphatic rings. The van der Waals surface area contributed by atoms with E-state index in [-0.39, 0.29) is 12.6 Å². The zero-order valence-corrected chi connectivity index (χ0v) is 16.8. The molecule has 0 bridgehead atoms. The Morgan fingerprint density at radius 1 is 1.22 bits per heavy atom. The highest BCUT2D eigenvalue weighted by Crippen LogP contribution is 2.27. The highest BCUT2D eigenvalue weighted by molar-refractivity contribution is 5.82. The molecule has 27 heavy (non-hydrogen) atoms. The Morgan fingerprint density at radius 2 is 2.04 bits per heavy atom. The number of benzene rings is 1. The molecule has 144 valence electrons. The summed E-state index contributed by atoms with van der Waals surface area (Å²) in [5, 5.41) is 15.2. The molecule has 0 atom stereocenters. The van der Waals surface area contributed by atoms with E-state index in [1.165, 1.54) is 18.4 Å². The number of hydrogen-bond donors (Lipinski definition) is 1. The molecular weight excluding hydrogens is 336 g/mol. The molecule has 0 fully saturated rings. The summed E-state index contributed by atoms with van der Waals surface area (Å²) in [6.45, 7) is 8.41. The molecule has 0 aliphatic heterocycles. The van der Waals surface area contributed by atoms with Crippen molar-refractivity contribution in [3.63, 3.8) is 0 Å². The van der Waals surface area contributed by atoms with Crippen LogP contribution in [0.5, 0.6) is 0 Å². The van der Waals surface area contributed by atoms with Gasteiger partial charge in [0.2, 0.25) is 0 Å². The largest absolute Gasteiger partial charge is 0.392 e. The Balaban J connectivity index is 1.97. The van der Waals surface area contributed by atoms with Gasteiger partial charge in [-0.05, 0) is 57.1 Å². The average Bonchev–Trinajstić information content (AvgIpc) is 3.10. The maximum atomic E-state index is 9.84. The van der Waals surface area contributed by atoms with Gasteiger partial charge in [-0.25, -0.2) is 9.67 Å². The number of unbranched alkanes of at least 4 members (excludes halogenated alkanes) is 1. The first-order valence-corrected chi connectivity index (χ1v) is 9.79. The molecule has 0 amide bonds. The maximum absolute atomic E-state index is 9.84. The predicted octanol–water partition coefficient (Wildman–Crippen LogP) is 4.40. The first-order valence-electron chi connectivity index (χ1n) is 9.79. The van der Waals surface area contributed by atoms with Gasteiger partial charge in [-0.15, -0.1) is 0 Å². The van der Waals surface area contributed by atoms with Crippen molar-refractivity contribution in [1.82, 2.24) is 19.7 Å². The van der Waals surface area contributed by atoms with E-state index in [9.17, 15) is 5.11 Å². The van der Waals surface area contributed by atoms with Crippen LogP contribution in [0.3, 0.4) is 0 Å². The van der Waals surface area contributed by atoms with Crippen LogP contribution in [-0.4, -0.2) is 38.4 Å². The Labute approximate surface area is 161 Å². The van der Waals surface area contributed by atoms with Crippen molar-refractivity contribution in [3.8, 4) is 11.3 Å². The van der Waals surface area contributed by atoms with Gasteiger partial charge in [0.05, 0.1) is 18.5 Å². The summed E-state index contributed by atoms with van der Waals surface area (Å²) >= 11 is 0. The second-order valence-corrected chi connectivity index (χ2v) is 7.54. The van der Waals surface area contributed by atoms with Crippen LogP contribution in [0.25, 0.3) is 22.3 Å². The van der Waals surface area contributed by atoms with E-state index in [4.69, 9.17) is 4.98 Å². The minimum Gasteiger partial charge on any atom is -0.392 e. The van der Waals surface area contributed by atoms with E-state index in [0.29, 0.717) is 0 Å². The minimum absolute atomic E-state index is 0.0186. The molecule has 1 N–H and O–H groups in total. The second kappa shape index (κ2) is 8.63. The van der Waals surface area contributed by atoms with Crippen LogP contribution in [0.2, 0.25) is 0 Å². The molecule has 3 rings (SSSR count). The number of rotatable bonds is 8. The first-order chi connectivity index (χ1) is 13.0. The lowest BCUT2D eigenvalue weighted by molar-refractivity contribution is 0.283. The summed E-state index contributed by atoms with van der Waals surface area (Å²) in [6, 6.07) is 10.7. The van der Waals surface area contributed by atoms with Crippen LogP contribution in [0, 0.1) is 0 Å². The summed E-state index contributed by atoms with van der Waals surface area (Å²) in [7, 11) is 2.16. The van der Waals surface area contributed by atoms with Crippen LogP contribution >= 0.6 is 0 Å². The second-order valence-electron chi connectivity index (χ2n) is 7.54. The zero-order valence-electron chi connectivity index (χ0n) is 16.8. The fourth-order valence-electron chi connectivity index (χ4n) is 3.39. The van der Waals surface area contributed by atoms with Crippen molar-refractivity contribution in [2.75, 3.05) is 13.6 Å². The standard InChI is InChI=1S/C22H30N4O/c1-5-6-10-25(4)14-17-8-7-9-18(11-17)21-12-19(15-27)20-13-23-26(16(2)3)22(20)24-21/h7-9,11-13,16,27H,5-6,10,14-15H2,1-4H3. The highest BCUT2D eigenvalue weighted by atomic mass is 16.3. The molecule has 3 aromatic rings.